The summed E-state index contributed by atoms with van der Waals surface area (Å²) in [5, 5.41) is 22.7. The van der Waals surface area contributed by atoms with Gasteiger partial charge in [-0.2, -0.15) is 8.42 Å². The van der Waals surface area contributed by atoms with Crippen molar-refractivity contribution >= 4 is 10.1 Å². The maximum atomic E-state index is 13.9. The average molecular weight is 905 g/mol. The third-order valence-corrected chi connectivity index (χ3v) is 12.1. The number of hydrogen-bond acceptors (Lipinski definition) is 17. The van der Waals surface area contributed by atoms with E-state index in [9.17, 15) is 18.6 Å². The highest BCUT2D eigenvalue weighted by atomic mass is 32.2. The number of phenolic OH excluding ortho intramolecular Hbond substituents is 2. The van der Waals surface area contributed by atoms with Gasteiger partial charge in [0.1, 0.15) is 16.4 Å². The molecule has 0 radical (unpaired) electrons. The van der Waals surface area contributed by atoms with Crippen LogP contribution in [-0.4, -0.2) is 187 Å². The van der Waals surface area contributed by atoms with Crippen molar-refractivity contribution in [1.29, 1.82) is 0 Å². The van der Waals surface area contributed by atoms with Crippen LogP contribution in [0.5, 0.6) is 11.5 Å². The smallest absolute Gasteiger partial charge is 0.298 e. The third kappa shape index (κ3) is 15.1. The summed E-state index contributed by atoms with van der Waals surface area (Å²) in [5.74, 6) is 0.0744. The van der Waals surface area contributed by atoms with Crippen LogP contribution in [0, 0.1) is 0 Å². The van der Waals surface area contributed by atoms with E-state index < -0.39 is 15.7 Å². The molecule has 18 heteroatoms. The lowest BCUT2D eigenvalue weighted by Gasteiger charge is -2.31. The number of ether oxygens (including phenoxy) is 10. The predicted octanol–water partition coefficient (Wildman–Crippen LogP) is 2.91. The fourth-order valence-electron chi connectivity index (χ4n) is 7.43. The highest BCUT2D eigenvalue weighted by Gasteiger charge is 2.51. The third-order valence-electron chi connectivity index (χ3n) is 10.7. The molecule has 0 aliphatic carbocycles. The molecule has 3 aliphatic rings. The van der Waals surface area contributed by atoms with E-state index in [1.165, 1.54) is 6.07 Å². The van der Waals surface area contributed by atoms with Crippen LogP contribution in [0.2, 0.25) is 0 Å². The predicted molar refractivity (Wildman–Crippen MR) is 230 cm³/mol. The molecule has 2 N–H and O–H groups in total. The van der Waals surface area contributed by atoms with E-state index >= 15 is 0 Å². The summed E-state index contributed by atoms with van der Waals surface area (Å²) >= 11 is 0. The van der Waals surface area contributed by atoms with Gasteiger partial charge in [0.25, 0.3) is 10.1 Å². The van der Waals surface area contributed by atoms with Gasteiger partial charge in [-0.15, -0.1) is 0 Å². The van der Waals surface area contributed by atoms with E-state index in [-0.39, 0.29) is 16.4 Å². The van der Waals surface area contributed by atoms with Crippen LogP contribution in [0.3, 0.4) is 0 Å². The summed E-state index contributed by atoms with van der Waals surface area (Å²) < 4.78 is 91.2. The number of hydrogen-bond donors (Lipinski definition) is 2. The summed E-state index contributed by atoms with van der Waals surface area (Å²) in [4.78, 5) is 4.26. The summed E-state index contributed by atoms with van der Waals surface area (Å²) in [6.45, 7) is 11.5. The molecule has 0 aromatic heterocycles. The summed E-state index contributed by atoms with van der Waals surface area (Å²) in [5.41, 5.74) is 0.844. The maximum Gasteiger partial charge on any atom is 0.298 e. The van der Waals surface area contributed by atoms with Crippen molar-refractivity contribution in [3.63, 3.8) is 0 Å². The van der Waals surface area contributed by atoms with Crippen molar-refractivity contribution in [1.82, 2.24) is 9.80 Å². The van der Waals surface area contributed by atoms with Gasteiger partial charge in [-0.3, -0.25) is 9.80 Å². The number of aromatic hydroxyl groups is 2. The van der Waals surface area contributed by atoms with Crippen LogP contribution in [0.4, 0.5) is 0 Å². The van der Waals surface area contributed by atoms with Crippen LogP contribution < -0.4 is 0 Å². The molecule has 2 saturated heterocycles. The SMILES string of the molecule is O=S1(=O)OC(c2ccc(O)c(CN3CCOCCOCCOCCOCCOCC3)c2)(c2ccc(O)c(CN3CCOCCOCCOCCOCCOCC3)c2)c2ccccc21. The van der Waals surface area contributed by atoms with E-state index in [2.05, 4.69) is 9.80 Å². The van der Waals surface area contributed by atoms with Gasteiger partial charge < -0.3 is 57.6 Å². The maximum absolute atomic E-state index is 13.9. The first-order valence-electron chi connectivity index (χ1n) is 21.8. The minimum atomic E-state index is -4.25. The minimum absolute atomic E-state index is 0.0372. The molecular formula is C45H64N2O15S. The van der Waals surface area contributed by atoms with Gasteiger partial charge in [0.15, 0.2) is 5.60 Å². The molecule has 350 valence electrons. The molecular weight excluding hydrogens is 841 g/mol. The normalized spacial score (nSPS) is 22.2. The number of fused-ring (bicyclic) bond motifs is 1. The molecule has 3 aromatic carbocycles. The molecule has 0 amide bonds. The first kappa shape index (κ1) is 49.1. The Bertz CT molecular complexity index is 1770. The largest absolute Gasteiger partial charge is 0.508 e. The van der Waals surface area contributed by atoms with Gasteiger partial charge in [0, 0.05) is 56.0 Å². The van der Waals surface area contributed by atoms with Crippen LogP contribution >= 0.6 is 0 Å². The van der Waals surface area contributed by atoms with Crippen molar-refractivity contribution in [2.45, 2.75) is 23.6 Å². The zero-order valence-electron chi connectivity index (χ0n) is 36.2. The highest BCUT2D eigenvalue weighted by molar-refractivity contribution is 7.87. The number of phenols is 2. The molecule has 3 aliphatic heterocycles. The number of rotatable bonds is 6. The first-order chi connectivity index (χ1) is 30.9. The van der Waals surface area contributed by atoms with Gasteiger partial charge in [0.05, 0.1) is 132 Å². The number of benzene rings is 3. The second-order valence-electron chi connectivity index (χ2n) is 15.1. The van der Waals surface area contributed by atoms with E-state index in [0.717, 1.165) is 0 Å². The zero-order chi connectivity index (χ0) is 44.0. The Morgan fingerprint density at radius 1 is 0.444 bits per heavy atom. The lowest BCUT2D eigenvalue weighted by atomic mass is 9.79. The van der Waals surface area contributed by atoms with E-state index in [1.54, 1.807) is 54.6 Å². The Morgan fingerprint density at radius 2 is 0.762 bits per heavy atom. The Kier molecular flexibility index (Phi) is 20.7. The van der Waals surface area contributed by atoms with Crippen molar-refractivity contribution in [3.05, 3.63) is 88.5 Å². The molecule has 3 aromatic rings. The topological polar surface area (TPSA) is 183 Å². The van der Waals surface area contributed by atoms with Gasteiger partial charge in [-0.1, -0.05) is 30.3 Å². The quantitative estimate of drug-likeness (QED) is 0.344. The molecule has 0 bridgehead atoms. The summed E-state index contributed by atoms with van der Waals surface area (Å²) in [7, 11) is -4.25. The van der Waals surface area contributed by atoms with Gasteiger partial charge in [-0.05, 0) is 41.5 Å². The van der Waals surface area contributed by atoms with E-state index in [0.29, 0.717) is 199 Å². The monoisotopic (exact) mass is 904 g/mol. The van der Waals surface area contributed by atoms with Gasteiger partial charge >= 0.3 is 0 Å². The molecule has 3 heterocycles. The second kappa shape index (κ2) is 26.6. The molecule has 2 fully saturated rings. The molecule has 0 spiro atoms. The Labute approximate surface area is 371 Å². The molecule has 0 saturated carbocycles. The average Bonchev–Trinajstić information content (AvgIpc) is 3.53. The Balaban J connectivity index is 1.26. The Morgan fingerprint density at radius 3 is 1.11 bits per heavy atom. The first-order valence-corrected chi connectivity index (χ1v) is 23.2. The highest BCUT2D eigenvalue weighted by Crippen LogP contribution is 2.51. The van der Waals surface area contributed by atoms with Crippen LogP contribution in [0.15, 0.2) is 65.6 Å². The summed E-state index contributed by atoms with van der Waals surface area (Å²) in [6.07, 6.45) is 0. The van der Waals surface area contributed by atoms with E-state index in [4.69, 9.17) is 51.6 Å². The van der Waals surface area contributed by atoms with Crippen molar-refractivity contribution < 1.29 is 70.2 Å². The Hall–Kier alpha value is -3.31. The molecule has 63 heavy (non-hydrogen) atoms. The van der Waals surface area contributed by atoms with Crippen LogP contribution in [-0.2, 0) is 80.4 Å². The lowest BCUT2D eigenvalue weighted by Crippen LogP contribution is -2.33. The van der Waals surface area contributed by atoms with Gasteiger partial charge in [0.2, 0.25) is 0 Å². The fraction of sp³-hybridized carbons (Fsp3) is 0.600. The van der Waals surface area contributed by atoms with Crippen LogP contribution in [0.1, 0.15) is 27.8 Å². The van der Waals surface area contributed by atoms with Crippen molar-refractivity contribution in [2.75, 3.05) is 158 Å². The van der Waals surface area contributed by atoms with E-state index in [1.807, 2.05) is 0 Å². The van der Waals surface area contributed by atoms with Crippen molar-refractivity contribution in [2.24, 2.45) is 0 Å². The summed E-state index contributed by atoms with van der Waals surface area (Å²) in [6, 6.07) is 16.8. The number of nitrogens with zero attached hydrogens (tertiary/aromatic N) is 2. The molecule has 17 nitrogen and oxygen atoms in total. The zero-order valence-corrected chi connectivity index (χ0v) is 37.0. The second-order valence-corrected chi connectivity index (χ2v) is 16.6. The van der Waals surface area contributed by atoms with Crippen molar-refractivity contribution in [3.8, 4) is 11.5 Å². The minimum Gasteiger partial charge on any atom is -0.508 e. The molecule has 0 atom stereocenters. The fourth-order valence-corrected chi connectivity index (χ4v) is 8.85. The molecule has 0 unspecified atom stereocenters. The van der Waals surface area contributed by atoms with Crippen LogP contribution in [0.25, 0.3) is 0 Å². The lowest BCUT2D eigenvalue weighted by molar-refractivity contribution is -0.0190. The standard InChI is InChI=1S/C45H64N2O15S/c48-42-7-5-39(33-37(42)35-46-9-13-52-17-21-56-25-29-60-30-26-57-22-18-53-14-10-46)45(41-3-1-2-4-44(41)63(50,51)62-45)40-6-8-43(49)38(34-40)36-47-11-15-54-19-23-58-27-31-61-32-28-59-24-20-55-16-12-47/h1-8,33-34,48-49H,9-32,35-36H2. The molecule has 6 rings (SSSR count). The van der Waals surface area contributed by atoms with Gasteiger partial charge in [-0.25, -0.2) is 4.18 Å².